The molecule has 3 rings (SSSR count). The first-order valence-electron chi connectivity index (χ1n) is 7.51. The van der Waals surface area contributed by atoms with Crippen LogP contribution in [-0.4, -0.2) is 19.9 Å². The molecule has 122 valence electrons. The maximum absolute atomic E-state index is 12.3. The van der Waals surface area contributed by atoms with Crippen LogP contribution in [0.4, 0.5) is 0 Å². The molecule has 2 N–H and O–H groups in total. The zero-order valence-corrected chi connectivity index (χ0v) is 15.1. The van der Waals surface area contributed by atoms with E-state index in [9.17, 15) is 8.42 Å². The molecule has 6 heteroatoms. The predicted molar refractivity (Wildman–Crippen MR) is 95.7 cm³/mol. The van der Waals surface area contributed by atoms with E-state index in [0.717, 1.165) is 16.1 Å². The zero-order valence-electron chi connectivity index (χ0n) is 13.4. The number of aromatic amines is 1. The van der Waals surface area contributed by atoms with E-state index in [-0.39, 0.29) is 0 Å². The Bertz CT molecular complexity index is 952. The molecule has 2 heterocycles. The monoisotopic (exact) mass is 348 g/mol. The summed E-state index contributed by atoms with van der Waals surface area (Å²) in [5, 5.41) is 1.17. The highest BCUT2D eigenvalue weighted by Crippen LogP contribution is 2.24. The Morgan fingerprint density at radius 1 is 1.13 bits per heavy atom. The molecular formula is C17H20N2O2S2. The standard InChI is InChI=1S/C17H20N2O2S2/c1-11-4-6-16-15(10-11)14(13(3)19-16)8-9-18-23(20,21)17-7-5-12(2)22-17/h4-7,10,18-19H,8-9H2,1-3H3. The molecule has 3 aromatic rings. The Labute approximate surface area is 140 Å². The molecular weight excluding hydrogens is 328 g/mol. The van der Waals surface area contributed by atoms with Gasteiger partial charge in [0.15, 0.2) is 0 Å². The number of aryl methyl sites for hydroxylation is 3. The lowest BCUT2D eigenvalue weighted by Gasteiger charge is -2.05. The molecule has 4 nitrogen and oxygen atoms in total. The fraction of sp³-hybridized carbons (Fsp3) is 0.294. The van der Waals surface area contributed by atoms with Crippen LogP contribution in [0.2, 0.25) is 0 Å². The summed E-state index contributed by atoms with van der Waals surface area (Å²) in [4.78, 5) is 4.36. The summed E-state index contributed by atoms with van der Waals surface area (Å²) in [5.74, 6) is 0. The molecule has 0 aliphatic heterocycles. The number of aromatic nitrogens is 1. The van der Waals surface area contributed by atoms with Crippen molar-refractivity contribution in [2.24, 2.45) is 0 Å². The van der Waals surface area contributed by atoms with E-state index < -0.39 is 10.0 Å². The highest BCUT2D eigenvalue weighted by atomic mass is 32.2. The lowest BCUT2D eigenvalue weighted by Crippen LogP contribution is -2.25. The third kappa shape index (κ3) is 3.34. The molecule has 0 spiro atoms. The van der Waals surface area contributed by atoms with E-state index in [1.165, 1.54) is 27.8 Å². The predicted octanol–water partition coefficient (Wildman–Crippen LogP) is 3.68. The van der Waals surface area contributed by atoms with Crippen molar-refractivity contribution in [3.63, 3.8) is 0 Å². The average molecular weight is 348 g/mol. The summed E-state index contributed by atoms with van der Waals surface area (Å²) >= 11 is 1.29. The maximum atomic E-state index is 12.3. The second-order valence-electron chi connectivity index (χ2n) is 5.79. The van der Waals surface area contributed by atoms with Crippen LogP contribution in [0.1, 0.15) is 21.7 Å². The summed E-state index contributed by atoms with van der Waals surface area (Å²) in [6, 6.07) is 9.77. The average Bonchev–Trinajstić information content (AvgIpc) is 3.04. The van der Waals surface area contributed by atoms with Gasteiger partial charge in [0.2, 0.25) is 10.0 Å². The summed E-state index contributed by atoms with van der Waals surface area (Å²) in [7, 11) is -3.41. The molecule has 0 atom stereocenters. The minimum absolute atomic E-state index is 0.376. The molecule has 0 aliphatic rings. The van der Waals surface area contributed by atoms with Gasteiger partial charge in [-0.3, -0.25) is 0 Å². The van der Waals surface area contributed by atoms with Crippen LogP contribution in [0.3, 0.4) is 0 Å². The van der Waals surface area contributed by atoms with Crippen molar-refractivity contribution in [1.29, 1.82) is 0 Å². The maximum Gasteiger partial charge on any atom is 0.250 e. The van der Waals surface area contributed by atoms with Gasteiger partial charge in [0.25, 0.3) is 0 Å². The Morgan fingerprint density at radius 2 is 1.91 bits per heavy atom. The summed E-state index contributed by atoms with van der Waals surface area (Å²) in [5.41, 5.74) is 4.57. The van der Waals surface area contributed by atoms with Crippen LogP contribution in [-0.2, 0) is 16.4 Å². The Kier molecular flexibility index (Phi) is 4.31. The largest absolute Gasteiger partial charge is 0.358 e. The number of rotatable bonds is 5. The lowest BCUT2D eigenvalue weighted by atomic mass is 10.1. The van der Waals surface area contributed by atoms with Crippen molar-refractivity contribution in [3.8, 4) is 0 Å². The van der Waals surface area contributed by atoms with Gasteiger partial charge < -0.3 is 4.98 Å². The Balaban J connectivity index is 1.76. The molecule has 0 bridgehead atoms. The number of hydrogen-bond acceptors (Lipinski definition) is 3. The van der Waals surface area contributed by atoms with Crippen LogP contribution >= 0.6 is 11.3 Å². The van der Waals surface area contributed by atoms with Gasteiger partial charge in [0, 0.05) is 28.0 Å². The van der Waals surface area contributed by atoms with Gasteiger partial charge in [-0.2, -0.15) is 0 Å². The van der Waals surface area contributed by atoms with Gasteiger partial charge in [-0.25, -0.2) is 13.1 Å². The van der Waals surface area contributed by atoms with Gasteiger partial charge in [0.1, 0.15) is 4.21 Å². The smallest absolute Gasteiger partial charge is 0.250 e. The van der Waals surface area contributed by atoms with Gasteiger partial charge >= 0.3 is 0 Å². The van der Waals surface area contributed by atoms with Gasteiger partial charge in [0.05, 0.1) is 0 Å². The third-order valence-corrected chi connectivity index (χ3v) is 6.88. The second kappa shape index (κ2) is 6.11. The van der Waals surface area contributed by atoms with Crippen molar-refractivity contribution in [1.82, 2.24) is 9.71 Å². The highest BCUT2D eigenvalue weighted by Gasteiger charge is 2.16. The number of nitrogens with one attached hydrogen (secondary N) is 2. The highest BCUT2D eigenvalue weighted by molar-refractivity contribution is 7.91. The molecule has 0 saturated heterocycles. The SMILES string of the molecule is Cc1ccc2[nH]c(C)c(CCNS(=O)(=O)c3ccc(C)s3)c2c1. The van der Waals surface area contributed by atoms with Crippen molar-refractivity contribution in [2.75, 3.05) is 6.54 Å². The van der Waals surface area contributed by atoms with E-state index >= 15 is 0 Å². The van der Waals surface area contributed by atoms with Crippen LogP contribution < -0.4 is 4.72 Å². The number of thiophene rings is 1. The number of fused-ring (bicyclic) bond motifs is 1. The molecule has 0 fully saturated rings. The van der Waals surface area contributed by atoms with Gasteiger partial charge in [-0.1, -0.05) is 11.6 Å². The molecule has 0 radical (unpaired) electrons. The minimum atomic E-state index is -3.41. The normalized spacial score (nSPS) is 12.1. The second-order valence-corrected chi connectivity index (χ2v) is 9.07. The topological polar surface area (TPSA) is 62.0 Å². The first kappa shape index (κ1) is 16.2. The molecule has 0 saturated carbocycles. The molecule has 0 aliphatic carbocycles. The Hall–Kier alpha value is -1.63. The first-order valence-corrected chi connectivity index (χ1v) is 9.81. The van der Waals surface area contributed by atoms with Crippen molar-refractivity contribution in [3.05, 3.63) is 52.0 Å². The van der Waals surface area contributed by atoms with E-state index in [4.69, 9.17) is 0 Å². The number of H-pyrrole nitrogens is 1. The fourth-order valence-electron chi connectivity index (χ4n) is 2.76. The quantitative estimate of drug-likeness (QED) is 0.739. The summed E-state index contributed by atoms with van der Waals surface area (Å²) in [6.07, 6.45) is 0.666. The van der Waals surface area contributed by atoms with Crippen LogP contribution in [0, 0.1) is 20.8 Å². The number of sulfonamides is 1. The molecule has 2 aromatic heterocycles. The summed E-state index contributed by atoms with van der Waals surface area (Å²) < 4.78 is 27.6. The lowest BCUT2D eigenvalue weighted by molar-refractivity contribution is 0.584. The summed E-state index contributed by atoms with van der Waals surface area (Å²) in [6.45, 7) is 6.39. The number of hydrogen-bond donors (Lipinski definition) is 2. The van der Waals surface area contributed by atoms with E-state index in [1.807, 2.05) is 19.9 Å². The van der Waals surface area contributed by atoms with E-state index in [1.54, 1.807) is 6.07 Å². The van der Waals surface area contributed by atoms with E-state index in [0.29, 0.717) is 17.2 Å². The van der Waals surface area contributed by atoms with Crippen molar-refractivity contribution >= 4 is 32.3 Å². The number of benzene rings is 1. The third-order valence-electron chi connectivity index (χ3n) is 3.92. The fourth-order valence-corrected chi connectivity index (χ4v) is 5.12. The molecule has 0 unspecified atom stereocenters. The Morgan fingerprint density at radius 3 is 2.61 bits per heavy atom. The van der Waals surface area contributed by atoms with Gasteiger partial charge in [-0.05, 0) is 57.0 Å². The van der Waals surface area contributed by atoms with Crippen LogP contribution in [0.5, 0.6) is 0 Å². The van der Waals surface area contributed by atoms with Crippen LogP contribution in [0.15, 0.2) is 34.5 Å². The minimum Gasteiger partial charge on any atom is -0.358 e. The molecule has 23 heavy (non-hydrogen) atoms. The molecule has 0 amide bonds. The van der Waals surface area contributed by atoms with Gasteiger partial charge in [-0.15, -0.1) is 11.3 Å². The zero-order chi connectivity index (χ0) is 16.6. The van der Waals surface area contributed by atoms with Crippen molar-refractivity contribution < 1.29 is 8.42 Å². The van der Waals surface area contributed by atoms with E-state index in [2.05, 4.69) is 34.8 Å². The van der Waals surface area contributed by atoms with Crippen molar-refractivity contribution in [2.45, 2.75) is 31.4 Å². The first-order chi connectivity index (χ1) is 10.9. The molecule has 1 aromatic carbocycles. The van der Waals surface area contributed by atoms with Crippen LogP contribution in [0.25, 0.3) is 10.9 Å².